The van der Waals surface area contributed by atoms with Gasteiger partial charge in [-0.2, -0.15) is 5.26 Å². The molecule has 0 saturated carbocycles. The molecule has 2 aromatic carbocycles. The number of hydrogen-bond acceptors (Lipinski definition) is 6. The maximum Gasteiger partial charge on any atom is 0.338 e. The van der Waals surface area contributed by atoms with Gasteiger partial charge in [0.15, 0.2) is 4.91 Å². The summed E-state index contributed by atoms with van der Waals surface area (Å²) in [5.74, 6) is -1.39. The van der Waals surface area contributed by atoms with Crippen LogP contribution in [-0.2, 0) is 14.6 Å². The van der Waals surface area contributed by atoms with E-state index in [1.807, 2.05) is 6.92 Å². The van der Waals surface area contributed by atoms with E-state index in [1.54, 1.807) is 18.2 Å². The van der Waals surface area contributed by atoms with Gasteiger partial charge in [-0.05, 0) is 42.8 Å². The monoisotopic (exact) mass is 400 g/mol. The fourth-order valence-electron chi connectivity index (χ4n) is 2.77. The molecule has 6 nitrogen and oxygen atoms in total. The van der Waals surface area contributed by atoms with Crippen molar-refractivity contribution in [1.29, 1.82) is 5.26 Å². The summed E-state index contributed by atoms with van der Waals surface area (Å²) in [7, 11) is -4.23. The van der Waals surface area contributed by atoms with Gasteiger partial charge in [0, 0.05) is 11.9 Å². The van der Waals surface area contributed by atoms with Crippen LogP contribution in [0.3, 0.4) is 0 Å². The lowest BCUT2D eigenvalue weighted by atomic mass is 10.1. The summed E-state index contributed by atoms with van der Waals surface area (Å²) in [6.45, 7) is 2.33. The number of nitrogens with zero attached hydrogens (tertiary/aromatic N) is 2. The second-order valence-corrected chi connectivity index (χ2v) is 7.96. The van der Waals surface area contributed by atoms with Crippen LogP contribution in [-0.4, -0.2) is 21.0 Å². The summed E-state index contributed by atoms with van der Waals surface area (Å²) in [5.41, 5.74) is 0.908. The quantitative estimate of drug-likeness (QED) is 0.555. The van der Waals surface area contributed by atoms with Crippen LogP contribution in [0.2, 0.25) is 0 Å². The number of sulfone groups is 1. The second-order valence-electron chi connectivity index (χ2n) is 6.10. The lowest BCUT2D eigenvalue weighted by Gasteiger charge is -2.27. The number of halogens is 1. The van der Waals surface area contributed by atoms with Gasteiger partial charge in [0.25, 0.3) is 0 Å². The maximum absolute atomic E-state index is 14.3. The molecule has 3 rings (SSSR count). The first-order chi connectivity index (χ1) is 13.4. The third-order valence-electron chi connectivity index (χ3n) is 4.23. The standard InChI is InChI=1S/C20H17FN2O4S/c1-2-3-11-27-20(24)14-7-9-15(10-8-14)23-13-16(12-22)28(25,26)19-17(21)5-4-6-18(19)23/h4-10,13H,2-3,11H2,1H3. The maximum atomic E-state index is 14.3. The SMILES string of the molecule is CCCCOC(=O)c1ccc(N2C=C(C#N)S(=O)(=O)c3c(F)cccc32)cc1. The first kappa shape index (κ1) is 19.6. The summed E-state index contributed by atoms with van der Waals surface area (Å²) in [6, 6.07) is 11.7. The van der Waals surface area contributed by atoms with Crippen molar-refractivity contribution in [1.82, 2.24) is 0 Å². The van der Waals surface area contributed by atoms with E-state index >= 15 is 0 Å². The Labute approximate surface area is 162 Å². The normalized spacial score (nSPS) is 14.6. The van der Waals surface area contributed by atoms with E-state index in [0.717, 1.165) is 25.1 Å². The van der Waals surface area contributed by atoms with Crippen molar-refractivity contribution in [3.63, 3.8) is 0 Å². The Morgan fingerprint density at radius 1 is 1.21 bits per heavy atom. The molecule has 0 fully saturated rings. The second kappa shape index (κ2) is 7.82. The third-order valence-corrected chi connectivity index (χ3v) is 5.95. The number of rotatable bonds is 5. The van der Waals surface area contributed by atoms with Gasteiger partial charge in [-0.25, -0.2) is 17.6 Å². The summed E-state index contributed by atoms with van der Waals surface area (Å²) in [5, 5.41) is 9.22. The molecular formula is C20H17FN2O4S. The van der Waals surface area contributed by atoms with Gasteiger partial charge in [-0.1, -0.05) is 19.4 Å². The third kappa shape index (κ3) is 3.49. The zero-order valence-corrected chi connectivity index (χ0v) is 15.9. The lowest BCUT2D eigenvalue weighted by Crippen LogP contribution is -2.22. The topological polar surface area (TPSA) is 87.5 Å². The number of hydrogen-bond donors (Lipinski definition) is 0. The number of esters is 1. The van der Waals surface area contributed by atoms with Crippen LogP contribution in [0.4, 0.5) is 15.8 Å². The van der Waals surface area contributed by atoms with Gasteiger partial charge in [-0.15, -0.1) is 0 Å². The van der Waals surface area contributed by atoms with E-state index in [4.69, 9.17) is 4.74 Å². The number of allylic oxidation sites excluding steroid dienone is 1. The Bertz CT molecular complexity index is 1090. The van der Waals surface area contributed by atoms with Gasteiger partial charge < -0.3 is 9.64 Å². The Morgan fingerprint density at radius 2 is 1.93 bits per heavy atom. The zero-order valence-electron chi connectivity index (χ0n) is 15.1. The minimum atomic E-state index is -4.23. The molecule has 0 N–H and O–H groups in total. The highest BCUT2D eigenvalue weighted by atomic mass is 32.2. The van der Waals surface area contributed by atoms with Crippen LogP contribution < -0.4 is 4.90 Å². The molecule has 28 heavy (non-hydrogen) atoms. The fourth-order valence-corrected chi connectivity index (χ4v) is 4.12. The molecule has 0 aromatic heterocycles. The Balaban J connectivity index is 1.99. The van der Waals surface area contributed by atoms with Crippen LogP contribution in [0.25, 0.3) is 0 Å². The van der Waals surface area contributed by atoms with E-state index in [0.29, 0.717) is 17.9 Å². The van der Waals surface area contributed by atoms with E-state index < -0.39 is 31.4 Å². The molecule has 0 unspecified atom stereocenters. The molecule has 0 atom stereocenters. The highest BCUT2D eigenvalue weighted by molar-refractivity contribution is 7.95. The molecule has 0 spiro atoms. The van der Waals surface area contributed by atoms with E-state index in [1.165, 1.54) is 29.2 Å². The number of unbranched alkanes of at least 4 members (excludes halogenated alkanes) is 1. The van der Waals surface area contributed by atoms with Crippen molar-refractivity contribution in [2.24, 2.45) is 0 Å². The van der Waals surface area contributed by atoms with Gasteiger partial charge in [0.2, 0.25) is 9.84 Å². The van der Waals surface area contributed by atoms with E-state index in [9.17, 15) is 22.9 Å². The summed E-state index contributed by atoms with van der Waals surface area (Å²) < 4.78 is 44.4. The van der Waals surface area contributed by atoms with Crippen LogP contribution >= 0.6 is 0 Å². The molecule has 144 valence electrons. The van der Waals surface area contributed by atoms with Crippen LogP contribution in [0, 0.1) is 17.1 Å². The van der Waals surface area contributed by atoms with E-state index in [-0.39, 0.29) is 5.69 Å². The molecule has 1 aliphatic rings. The van der Waals surface area contributed by atoms with Crippen molar-refractivity contribution in [2.45, 2.75) is 24.7 Å². The smallest absolute Gasteiger partial charge is 0.338 e. The van der Waals surface area contributed by atoms with Crippen molar-refractivity contribution in [3.8, 4) is 6.07 Å². The fraction of sp³-hybridized carbons (Fsp3) is 0.200. The average molecular weight is 400 g/mol. The van der Waals surface area contributed by atoms with Crippen molar-refractivity contribution >= 4 is 27.2 Å². The number of ether oxygens (including phenoxy) is 1. The Hall–Kier alpha value is -3.18. The lowest BCUT2D eigenvalue weighted by molar-refractivity contribution is 0.0499. The zero-order chi connectivity index (χ0) is 20.3. The summed E-state index contributed by atoms with van der Waals surface area (Å²) in [6.07, 6.45) is 2.83. The van der Waals surface area contributed by atoms with E-state index in [2.05, 4.69) is 0 Å². The first-order valence-electron chi connectivity index (χ1n) is 8.62. The Kier molecular flexibility index (Phi) is 5.47. The highest BCUT2D eigenvalue weighted by Gasteiger charge is 2.34. The first-order valence-corrected chi connectivity index (χ1v) is 10.1. The van der Waals surface area contributed by atoms with Crippen molar-refractivity contribution in [3.05, 3.63) is 65.0 Å². The van der Waals surface area contributed by atoms with Crippen molar-refractivity contribution in [2.75, 3.05) is 11.5 Å². The summed E-state index contributed by atoms with van der Waals surface area (Å²) in [4.78, 5) is 12.3. The molecule has 0 radical (unpaired) electrons. The number of fused-ring (bicyclic) bond motifs is 1. The Morgan fingerprint density at radius 3 is 2.57 bits per heavy atom. The largest absolute Gasteiger partial charge is 0.462 e. The molecular weight excluding hydrogens is 383 g/mol. The average Bonchev–Trinajstić information content (AvgIpc) is 2.68. The molecule has 0 amide bonds. The molecule has 0 aliphatic carbocycles. The molecule has 2 aromatic rings. The molecule has 1 aliphatic heterocycles. The number of nitriles is 1. The molecule has 8 heteroatoms. The number of carbonyl (C=O) groups excluding carboxylic acids is 1. The van der Waals surface area contributed by atoms with Gasteiger partial charge in [0.05, 0.1) is 17.9 Å². The predicted molar refractivity (Wildman–Crippen MR) is 101 cm³/mol. The highest BCUT2D eigenvalue weighted by Crippen LogP contribution is 2.40. The number of carbonyl (C=O) groups is 1. The van der Waals surface area contributed by atoms with Crippen LogP contribution in [0.1, 0.15) is 30.1 Å². The molecule has 0 saturated heterocycles. The van der Waals surface area contributed by atoms with Gasteiger partial charge in [0.1, 0.15) is 16.8 Å². The summed E-state index contributed by atoms with van der Waals surface area (Å²) >= 11 is 0. The van der Waals surface area contributed by atoms with Crippen molar-refractivity contribution < 1.29 is 22.3 Å². The molecule has 1 heterocycles. The molecule has 0 bridgehead atoms. The van der Waals surface area contributed by atoms with Crippen LogP contribution in [0.15, 0.2) is 58.5 Å². The van der Waals surface area contributed by atoms with Gasteiger partial charge in [-0.3, -0.25) is 0 Å². The van der Waals surface area contributed by atoms with Crippen LogP contribution in [0.5, 0.6) is 0 Å². The number of anilines is 2. The predicted octanol–water partition coefficient (Wildman–Crippen LogP) is 4.07. The number of benzene rings is 2. The van der Waals surface area contributed by atoms with Gasteiger partial charge >= 0.3 is 5.97 Å². The minimum Gasteiger partial charge on any atom is -0.462 e. The minimum absolute atomic E-state index is 0.0947.